The summed E-state index contributed by atoms with van der Waals surface area (Å²) in [5.41, 5.74) is 4.64. The van der Waals surface area contributed by atoms with Crippen LogP contribution >= 0.6 is 0 Å². The van der Waals surface area contributed by atoms with E-state index in [0.717, 1.165) is 33.3 Å². The van der Waals surface area contributed by atoms with Gasteiger partial charge in [0.05, 0.1) is 24.0 Å². The lowest BCUT2D eigenvalue weighted by Gasteiger charge is -2.37. The summed E-state index contributed by atoms with van der Waals surface area (Å²) >= 11 is 0. The number of hydrogen-bond donors (Lipinski definition) is 2. The average molecular weight is 507 g/mol. The first-order chi connectivity index (χ1) is 18.6. The van der Waals surface area contributed by atoms with Crippen LogP contribution in [0.1, 0.15) is 28.5 Å². The minimum atomic E-state index is -1.14. The molecule has 4 aromatic carbocycles. The van der Waals surface area contributed by atoms with Crippen LogP contribution in [0.5, 0.6) is 0 Å². The van der Waals surface area contributed by atoms with Crippen LogP contribution in [-0.2, 0) is 15.1 Å². The highest BCUT2D eigenvalue weighted by atomic mass is 16.6. The van der Waals surface area contributed by atoms with Crippen LogP contribution in [0.25, 0.3) is 11.0 Å². The minimum absolute atomic E-state index is 0.0546. The molecule has 1 aliphatic rings. The fourth-order valence-corrected chi connectivity index (χ4v) is 5.48. The highest BCUT2D eigenvalue weighted by Crippen LogP contribution is 2.42. The zero-order valence-corrected chi connectivity index (χ0v) is 21.1. The van der Waals surface area contributed by atoms with Gasteiger partial charge in [-0.25, -0.2) is 4.98 Å². The molecule has 1 aliphatic heterocycles. The standard InChI is InChI=1S/C32H30N2O4/c1-22-12-11-19-26-28(22)33-21-34(26)31-30(36)29(35)27(38-31)20-37-32(23-13-5-2-6-14-23,24-15-7-3-8-16-24)25-17-9-4-10-18-25/h2-19,21,27,29-31,35-36H,20H2,1H3/t27-,29-,30-,31-/m1/s1. The number of para-hydroxylation sites is 1. The van der Waals surface area contributed by atoms with E-state index in [1.165, 1.54) is 0 Å². The molecule has 192 valence electrons. The van der Waals surface area contributed by atoms with Crippen LogP contribution in [0.2, 0.25) is 0 Å². The summed E-state index contributed by atoms with van der Waals surface area (Å²) in [5, 5.41) is 22.1. The summed E-state index contributed by atoms with van der Waals surface area (Å²) in [6.45, 7) is 2.05. The molecule has 0 aliphatic carbocycles. The van der Waals surface area contributed by atoms with Crippen LogP contribution < -0.4 is 0 Å². The topological polar surface area (TPSA) is 76.7 Å². The summed E-state index contributed by atoms with van der Waals surface area (Å²) in [6.07, 6.45) is -2.16. The lowest BCUT2D eigenvalue weighted by molar-refractivity contribution is -0.0941. The van der Waals surface area contributed by atoms with E-state index in [2.05, 4.69) is 4.98 Å². The molecule has 1 aromatic heterocycles. The second-order valence-electron chi connectivity index (χ2n) is 9.73. The zero-order valence-electron chi connectivity index (χ0n) is 21.1. The average Bonchev–Trinajstić information content (AvgIpc) is 3.52. The van der Waals surface area contributed by atoms with E-state index in [-0.39, 0.29) is 6.61 Å². The number of aliphatic hydroxyl groups excluding tert-OH is 2. The van der Waals surface area contributed by atoms with Crippen LogP contribution in [0.15, 0.2) is 116 Å². The number of rotatable bonds is 7. The Labute approximate surface area is 221 Å². The minimum Gasteiger partial charge on any atom is -0.387 e. The molecule has 0 amide bonds. The molecule has 4 atom stereocenters. The molecule has 0 radical (unpaired) electrons. The zero-order chi connectivity index (χ0) is 26.1. The van der Waals surface area contributed by atoms with Gasteiger partial charge in [-0.15, -0.1) is 0 Å². The van der Waals surface area contributed by atoms with E-state index in [9.17, 15) is 10.2 Å². The maximum Gasteiger partial charge on any atom is 0.164 e. The van der Waals surface area contributed by atoms with Gasteiger partial charge in [0.15, 0.2) is 6.23 Å². The van der Waals surface area contributed by atoms with Gasteiger partial charge in [0.25, 0.3) is 0 Å². The third-order valence-electron chi connectivity index (χ3n) is 7.42. The number of fused-ring (bicyclic) bond motifs is 1. The second kappa shape index (κ2) is 10.2. The molecule has 6 nitrogen and oxygen atoms in total. The number of nitrogens with zero attached hydrogens (tertiary/aromatic N) is 2. The molecule has 2 heterocycles. The fourth-order valence-electron chi connectivity index (χ4n) is 5.48. The third kappa shape index (κ3) is 4.12. The first-order valence-corrected chi connectivity index (χ1v) is 12.8. The Balaban J connectivity index is 1.36. The normalized spacial score (nSPS) is 21.7. The van der Waals surface area contributed by atoms with Crippen molar-refractivity contribution in [3.8, 4) is 0 Å². The van der Waals surface area contributed by atoms with Crippen molar-refractivity contribution in [2.24, 2.45) is 0 Å². The van der Waals surface area contributed by atoms with Crippen molar-refractivity contribution in [3.05, 3.63) is 138 Å². The van der Waals surface area contributed by atoms with Crippen molar-refractivity contribution in [1.82, 2.24) is 9.55 Å². The molecule has 0 spiro atoms. The van der Waals surface area contributed by atoms with E-state index >= 15 is 0 Å². The molecule has 2 N–H and O–H groups in total. The largest absolute Gasteiger partial charge is 0.387 e. The van der Waals surface area contributed by atoms with Gasteiger partial charge in [-0.1, -0.05) is 103 Å². The lowest BCUT2D eigenvalue weighted by Crippen LogP contribution is -2.39. The summed E-state index contributed by atoms with van der Waals surface area (Å²) < 4.78 is 14.9. The summed E-state index contributed by atoms with van der Waals surface area (Å²) in [6, 6.07) is 36.0. The Morgan fingerprint density at radius 2 is 1.32 bits per heavy atom. The molecule has 38 heavy (non-hydrogen) atoms. The van der Waals surface area contributed by atoms with Gasteiger partial charge in [0.2, 0.25) is 0 Å². The second-order valence-corrected chi connectivity index (χ2v) is 9.73. The first-order valence-electron chi connectivity index (χ1n) is 12.8. The molecule has 1 fully saturated rings. The van der Waals surface area contributed by atoms with Crippen molar-refractivity contribution in [2.75, 3.05) is 6.61 Å². The molecule has 6 rings (SSSR count). The molecular weight excluding hydrogens is 476 g/mol. The number of hydrogen-bond acceptors (Lipinski definition) is 5. The van der Waals surface area contributed by atoms with E-state index in [4.69, 9.17) is 9.47 Å². The Morgan fingerprint density at radius 3 is 1.87 bits per heavy atom. The van der Waals surface area contributed by atoms with Gasteiger partial charge in [-0.2, -0.15) is 0 Å². The van der Waals surface area contributed by atoms with E-state index in [1.807, 2.05) is 116 Å². The summed E-state index contributed by atoms with van der Waals surface area (Å²) in [7, 11) is 0. The molecule has 5 aromatic rings. The van der Waals surface area contributed by atoms with E-state index in [0.29, 0.717) is 0 Å². The van der Waals surface area contributed by atoms with Gasteiger partial charge in [-0.05, 0) is 35.2 Å². The highest BCUT2D eigenvalue weighted by Gasteiger charge is 2.46. The molecule has 0 bridgehead atoms. The number of aliphatic hydroxyl groups is 2. The van der Waals surface area contributed by atoms with Crippen LogP contribution in [0, 0.1) is 6.92 Å². The molecular formula is C32H30N2O4. The quantitative estimate of drug-likeness (QED) is 0.305. The number of imidazole rings is 1. The van der Waals surface area contributed by atoms with E-state index < -0.39 is 30.1 Å². The van der Waals surface area contributed by atoms with Crippen molar-refractivity contribution in [3.63, 3.8) is 0 Å². The Hall–Kier alpha value is -3.81. The van der Waals surface area contributed by atoms with Crippen LogP contribution in [0.3, 0.4) is 0 Å². The van der Waals surface area contributed by atoms with Crippen molar-refractivity contribution in [1.29, 1.82) is 0 Å². The molecule has 1 saturated heterocycles. The number of ether oxygens (including phenoxy) is 2. The molecule has 6 heteroatoms. The number of aryl methyl sites for hydroxylation is 1. The number of benzene rings is 4. The van der Waals surface area contributed by atoms with Gasteiger partial charge in [0.1, 0.15) is 23.9 Å². The Bertz CT molecular complexity index is 1410. The van der Waals surface area contributed by atoms with Gasteiger partial charge in [0, 0.05) is 0 Å². The lowest BCUT2D eigenvalue weighted by atomic mass is 9.80. The predicted octanol–water partition coefficient (Wildman–Crippen LogP) is 4.97. The van der Waals surface area contributed by atoms with Crippen molar-refractivity contribution < 1.29 is 19.7 Å². The SMILES string of the molecule is Cc1cccc2c1ncn2[C@@H]1O[C@H](COC(c2ccccc2)(c2ccccc2)c2ccccc2)[C@@H](O)[C@H]1O. The first kappa shape index (κ1) is 24.5. The summed E-state index contributed by atoms with van der Waals surface area (Å²) in [5.74, 6) is 0. The Kier molecular flexibility index (Phi) is 6.55. The van der Waals surface area contributed by atoms with Gasteiger partial charge >= 0.3 is 0 Å². The highest BCUT2D eigenvalue weighted by molar-refractivity contribution is 5.78. The van der Waals surface area contributed by atoms with Gasteiger partial charge < -0.3 is 24.3 Å². The van der Waals surface area contributed by atoms with Crippen molar-refractivity contribution >= 4 is 11.0 Å². The maximum absolute atomic E-state index is 11.1. The maximum atomic E-state index is 11.1. The van der Waals surface area contributed by atoms with Gasteiger partial charge in [-0.3, -0.25) is 0 Å². The van der Waals surface area contributed by atoms with Crippen molar-refractivity contribution in [2.45, 2.75) is 37.1 Å². The Morgan fingerprint density at radius 1 is 0.763 bits per heavy atom. The van der Waals surface area contributed by atoms with E-state index in [1.54, 1.807) is 10.9 Å². The number of aromatic nitrogens is 2. The smallest absolute Gasteiger partial charge is 0.164 e. The van der Waals surface area contributed by atoms with Crippen LogP contribution in [-0.4, -0.2) is 44.7 Å². The predicted molar refractivity (Wildman–Crippen MR) is 146 cm³/mol. The monoisotopic (exact) mass is 506 g/mol. The van der Waals surface area contributed by atoms with Crippen LogP contribution in [0.4, 0.5) is 0 Å². The fraction of sp³-hybridized carbons (Fsp3) is 0.219. The summed E-state index contributed by atoms with van der Waals surface area (Å²) in [4.78, 5) is 4.51. The third-order valence-corrected chi connectivity index (χ3v) is 7.42. The molecule has 0 saturated carbocycles. The molecule has 0 unspecified atom stereocenters.